The molecule has 1 aromatic rings. The number of nitrogens with one attached hydrogen (secondary N) is 1. The number of sulfonamides is 1. The van der Waals surface area contributed by atoms with E-state index >= 15 is 0 Å². The maximum Gasteiger partial charge on any atom is 0.363 e. The van der Waals surface area contributed by atoms with E-state index in [9.17, 15) is 18.5 Å². The number of rotatable bonds is 3. The highest BCUT2D eigenvalue weighted by Gasteiger charge is 2.48. The van der Waals surface area contributed by atoms with E-state index in [4.69, 9.17) is 0 Å². The molecule has 3 heterocycles. The van der Waals surface area contributed by atoms with Crippen LogP contribution in [0.5, 0.6) is 0 Å². The van der Waals surface area contributed by atoms with E-state index in [1.165, 1.54) is 10.4 Å². The van der Waals surface area contributed by atoms with Gasteiger partial charge < -0.3 is 15.4 Å². The quantitative estimate of drug-likeness (QED) is 0.638. The molecule has 3 rings (SSSR count). The van der Waals surface area contributed by atoms with Crippen molar-refractivity contribution in [2.45, 2.75) is 30.3 Å². The topological polar surface area (TPSA) is 105 Å². The Kier molecular flexibility index (Phi) is 3.42. The van der Waals surface area contributed by atoms with Crippen molar-refractivity contribution in [2.75, 3.05) is 13.1 Å². The molecule has 2 aliphatic heterocycles. The Balaban J connectivity index is 1.94. The smallest absolute Gasteiger partial charge is 0.358 e. The van der Waals surface area contributed by atoms with Gasteiger partial charge in [0, 0.05) is 24.7 Å². The molecule has 2 aliphatic rings. The van der Waals surface area contributed by atoms with Crippen molar-refractivity contribution in [2.24, 2.45) is 5.92 Å². The predicted molar refractivity (Wildman–Crippen MR) is 74.1 cm³/mol. The van der Waals surface area contributed by atoms with Gasteiger partial charge in [-0.1, -0.05) is 0 Å². The first kappa shape index (κ1) is 14.4. The standard InChI is InChI=1S/C12H16N4O4S/c1-8-4-9-5-13-7-11(9)15(8)21(19,20)10-2-3-12(14-6-10)16(17)18/h2-3,6,8-9,11,13H,4-5,7H2,1H3. The second kappa shape index (κ2) is 5.00. The van der Waals surface area contributed by atoms with Crippen molar-refractivity contribution in [3.8, 4) is 0 Å². The molecular formula is C12H16N4O4S. The predicted octanol–water partition coefficient (Wildman–Crippen LogP) is 0.361. The monoisotopic (exact) mass is 312 g/mol. The third-order valence-electron chi connectivity index (χ3n) is 4.19. The fraction of sp³-hybridized carbons (Fsp3) is 0.583. The van der Waals surface area contributed by atoms with Crippen LogP contribution in [0.2, 0.25) is 0 Å². The fourth-order valence-corrected chi connectivity index (χ4v) is 5.13. The van der Waals surface area contributed by atoms with Gasteiger partial charge in [0.05, 0.1) is 0 Å². The first-order valence-corrected chi connectivity index (χ1v) is 8.20. The largest absolute Gasteiger partial charge is 0.363 e. The van der Waals surface area contributed by atoms with Crippen LogP contribution in [-0.2, 0) is 10.0 Å². The molecule has 1 N–H and O–H groups in total. The summed E-state index contributed by atoms with van der Waals surface area (Å²) in [5.74, 6) is -0.0235. The van der Waals surface area contributed by atoms with Crippen molar-refractivity contribution in [1.82, 2.24) is 14.6 Å². The van der Waals surface area contributed by atoms with Gasteiger partial charge in [-0.05, 0) is 41.8 Å². The minimum absolute atomic E-state index is 0.00694. The van der Waals surface area contributed by atoms with Crippen LogP contribution in [0.3, 0.4) is 0 Å². The van der Waals surface area contributed by atoms with Crippen molar-refractivity contribution in [3.63, 3.8) is 0 Å². The Morgan fingerprint density at radius 1 is 1.43 bits per heavy atom. The van der Waals surface area contributed by atoms with Gasteiger partial charge in [-0.2, -0.15) is 4.31 Å². The number of nitrogens with zero attached hydrogens (tertiary/aromatic N) is 3. The van der Waals surface area contributed by atoms with E-state index < -0.39 is 14.9 Å². The van der Waals surface area contributed by atoms with Crippen molar-refractivity contribution in [3.05, 3.63) is 28.4 Å². The lowest BCUT2D eigenvalue weighted by Crippen LogP contribution is -2.42. The third kappa shape index (κ3) is 2.30. The highest BCUT2D eigenvalue weighted by atomic mass is 32.2. The summed E-state index contributed by atoms with van der Waals surface area (Å²) in [7, 11) is -3.68. The molecule has 2 saturated heterocycles. The lowest BCUT2D eigenvalue weighted by Gasteiger charge is -2.26. The van der Waals surface area contributed by atoms with Gasteiger partial charge >= 0.3 is 5.82 Å². The van der Waals surface area contributed by atoms with E-state index in [2.05, 4.69) is 10.3 Å². The molecule has 0 bridgehead atoms. The Morgan fingerprint density at radius 3 is 2.81 bits per heavy atom. The van der Waals surface area contributed by atoms with E-state index in [1.807, 2.05) is 6.92 Å². The van der Waals surface area contributed by atoms with E-state index in [0.29, 0.717) is 12.5 Å². The number of hydrogen-bond acceptors (Lipinski definition) is 6. The average Bonchev–Trinajstić information content (AvgIpc) is 2.98. The summed E-state index contributed by atoms with van der Waals surface area (Å²) >= 11 is 0. The Hall–Kier alpha value is -1.58. The molecule has 0 aliphatic carbocycles. The molecule has 2 fully saturated rings. The maximum atomic E-state index is 12.8. The minimum atomic E-state index is -3.68. The van der Waals surface area contributed by atoms with Gasteiger partial charge in [0.2, 0.25) is 10.0 Å². The van der Waals surface area contributed by atoms with Crippen molar-refractivity contribution in [1.29, 1.82) is 0 Å². The molecule has 21 heavy (non-hydrogen) atoms. The Labute approximate surface area is 122 Å². The van der Waals surface area contributed by atoms with Gasteiger partial charge in [0.15, 0.2) is 6.20 Å². The fourth-order valence-electron chi connectivity index (χ4n) is 3.30. The van der Waals surface area contributed by atoms with Crippen LogP contribution in [0.1, 0.15) is 13.3 Å². The van der Waals surface area contributed by atoms with Crippen LogP contribution in [0, 0.1) is 16.0 Å². The lowest BCUT2D eigenvalue weighted by atomic mass is 10.0. The number of aromatic nitrogens is 1. The highest BCUT2D eigenvalue weighted by Crippen LogP contribution is 2.36. The van der Waals surface area contributed by atoms with Gasteiger partial charge in [0.1, 0.15) is 4.90 Å². The van der Waals surface area contributed by atoms with Crippen LogP contribution >= 0.6 is 0 Å². The van der Waals surface area contributed by atoms with E-state index in [1.54, 1.807) is 0 Å². The SMILES string of the molecule is CC1CC2CNCC2N1S(=O)(=O)c1ccc([N+](=O)[O-])nc1. The molecule has 3 atom stereocenters. The van der Waals surface area contributed by atoms with Crippen LogP contribution in [0.15, 0.2) is 23.2 Å². The van der Waals surface area contributed by atoms with Crippen molar-refractivity contribution >= 4 is 15.8 Å². The van der Waals surface area contributed by atoms with Gasteiger partial charge in [-0.15, -0.1) is 0 Å². The minimum Gasteiger partial charge on any atom is -0.358 e. The highest BCUT2D eigenvalue weighted by molar-refractivity contribution is 7.89. The van der Waals surface area contributed by atoms with Gasteiger partial charge in [-0.25, -0.2) is 8.42 Å². The zero-order chi connectivity index (χ0) is 15.2. The summed E-state index contributed by atoms with van der Waals surface area (Å²) < 4.78 is 27.0. The average molecular weight is 312 g/mol. The molecule has 1 aromatic heterocycles. The molecule has 8 nitrogen and oxygen atoms in total. The first-order valence-electron chi connectivity index (χ1n) is 6.76. The normalized spacial score (nSPS) is 29.5. The van der Waals surface area contributed by atoms with Crippen LogP contribution in [-0.4, -0.2) is 47.8 Å². The molecule has 0 spiro atoms. The molecule has 0 amide bonds. The van der Waals surface area contributed by atoms with E-state index in [0.717, 1.165) is 25.2 Å². The zero-order valence-corrected chi connectivity index (χ0v) is 12.3. The molecule has 0 aromatic carbocycles. The molecule has 9 heteroatoms. The molecule has 114 valence electrons. The number of fused-ring (bicyclic) bond motifs is 1. The molecular weight excluding hydrogens is 296 g/mol. The first-order chi connectivity index (χ1) is 9.91. The summed E-state index contributed by atoms with van der Waals surface area (Å²) in [6, 6.07) is 2.27. The van der Waals surface area contributed by atoms with Gasteiger partial charge in [-0.3, -0.25) is 0 Å². The summed E-state index contributed by atoms with van der Waals surface area (Å²) in [6.45, 7) is 3.38. The van der Waals surface area contributed by atoms with Crippen molar-refractivity contribution < 1.29 is 13.3 Å². The Bertz CT molecular complexity index is 660. The summed E-state index contributed by atoms with van der Waals surface area (Å²) in [6.07, 6.45) is 1.90. The van der Waals surface area contributed by atoms with Gasteiger partial charge in [0.25, 0.3) is 0 Å². The summed E-state index contributed by atoms with van der Waals surface area (Å²) in [4.78, 5) is 13.6. The second-order valence-electron chi connectivity index (χ2n) is 5.51. The Morgan fingerprint density at radius 2 is 2.19 bits per heavy atom. The van der Waals surface area contributed by atoms with E-state index in [-0.39, 0.29) is 22.8 Å². The van der Waals surface area contributed by atoms with Crippen LogP contribution in [0.25, 0.3) is 0 Å². The van der Waals surface area contributed by atoms with Crippen LogP contribution in [0.4, 0.5) is 5.82 Å². The molecule has 0 radical (unpaired) electrons. The summed E-state index contributed by atoms with van der Waals surface area (Å²) in [5.41, 5.74) is 0. The number of hydrogen-bond donors (Lipinski definition) is 1. The molecule has 3 unspecified atom stereocenters. The summed E-state index contributed by atoms with van der Waals surface area (Å²) in [5, 5.41) is 13.8. The number of nitro groups is 1. The third-order valence-corrected chi connectivity index (χ3v) is 6.22. The van der Waals surface area contributed by atoms with Crippen LogP contribution < -0.4 is 5.32 Å². The zero-order valence-electron chi connectivity index (χ0n) is 11.5. The lowest BCUT2D eigenvalue weighted by molar-refractivity contribution is -0.389. The second-order valence-corrected chi connectivity index (χ2v) is 7.36. The number of pyridine rings is 1. The molecule has 0 saturated carbocycles. The maximum absolute atomic E-state index is 12.8.